The maximum Gasteiger partial charge on any atom is 0.410 e. The van der Waals surface area contributed by atoms with Gasteiger partial charge in [-0.15, -0.1) is 0 Å². The topological polar surface area (TPSA) is 55.6 Å². The molecule has 0 radical (unpaired) electrons. The number of amides is 1. The highest BCUT2D eigenvalue weighted by Crippen LogP contribution is 2.34. The summed E-state index contributed by atoms with van der Waals surface area (Å²) in [7, 11) is 0. The Hall–Kier alpha value is -1.71. The van der Waals surface area contributed by atoms with Crippen LogP contribution in [0.5, 0.6) is 0 Å². The molecule has 1 aromatic rings. The van der Waals surface area contributed by atoms with Crippen molar-refractivity contribution >= 4 is 11.8 Å². The number of nitrogens with two attached hydrogens (primary N) is 1. The van der Waals surface area contributed by atoms with Gasteiger partial charge in [0.25, 0.3) is 0 Å². The monoisotopic (exact) mass is 304 g/mol. The number of nitrogens with zero attached hydrogens (tertiary/aromatic N) is 1. The van der Waals surface area contributed by atoms with E-state index in [1.165, 1.54) is 5.56 Å². The molecule has 4 heteroatoms. The summed E-state index contributed by atoms with van der Waals surface area (Å²) in [4.78, 5) is 14.1. The highest BCUT2D eigenvalue weighted by atomic mass is 16.6. The molecule has 1 amide bonds. The van der Waals surface area contributed by atoms with Gasteiger partial charge in [0.15, 0.2) is 0 Å². The molecular formula is C18H28N2O2. The first-order valence-electron chi connectivity index (χ1n) is 8.10. The number of ether oxygens (including phenoxy) is 1. The Morgan fingerprint density at radius 2 is 2.05 bits per heavy atom. The van der Waals surface area contributed by atoms with Crippen LogP contribution in [0.4, 0.5) is 10.5 Å². The van der Waals surface area contributed by atoms with Crippen LogP contribution in [-0.2, 0) is 4.74 Å². The molecule has 122 valence electrons. The van der Waals surface area contributed by atoms with Gasteiger partial charge in [-0.05, 0) is 57.1 Å². The number of nitrogen functional groups attached to an aromatic ring is 1. The Kier molecular flexibility index (Phi) is 4.99. The molecule has 0 saturated carbocycles. The van der Waals surface area contributed by atoms with Crippen molar-refractivity contribution in [3.05, 3.63) is 29.8 Å². The first-order valence-corrected chi connectivity index (χ1v) is 8.10. The Morgan fingerprint density at radius 3 is 2.68 bits per heavy atom. The Labute approximate surface area is 133 Å². The summed E-state index contributed by atoms with van der Waals surface area (Å²) >= 11 is 0. The third-order valence-electron chi connectivity index (χ3n) is 4.30. The van der Waals surface area contributed by atoms with E-state index in [-0.39, 0.29) is 6.09 Å². The minimum absolute atomic E-state index is 0.203. The van der Waals surface area contributed by atoms with Crippen LogP contribution in [0.1, 0.15) is 52.0 Å². The molecular weight excluding hydrogens is 276 g/mol. The molecule has 1 fully saturated rings. The van der Waals surface area contributed by atoms with Crippen LogP contribution in [0.2, 0.25) is 0 Å². The smallest absolute Gasteiger partial charge is 0.410 e. The van der Waals surface area contributed by atoms with Crippen molar-refractivity contribution in [3.8, 4) is 0 Å². The van der Waals surface area contributed by atoms with Crippen molar-refractivity contribution in [2.24, 2.45) is 5.92 Å². The summed E-state index contributed by atoms with van der Waals surface area (Å²) in [5, 5.41) is 0. The minimum atomic E-state index is -0.445. The van der Waals surface area contributed by atoms with Crippen molar-refractivity contribution in [3.63, 3.8) is 0 Å². The van der Waals surface area contributed by atoms with E-state index in [0.717, 1.165) is 31.6 Å². The molecule has 22 heavy (non-hydrogen) atoms. The summed E-state index contributed by atoms with van der Waals surface area (Å²) in [5.74, 6) is 0.761. The van der Waals surface area contributed by atoms with Gasteiger partial charge >= 0.3 is 6.09 Å². The van der Waals surface area contributed by atoms with Crippen molar-refractivity contribution in [1.82, 2.24) is 4.90 Å². The molecule has 0 aliphatic carbocycles. The van der Waals surface area contributed by atoms with Crippen LogP contribution < -0.4 is 5.73 Å². The molecule has 1 saturated heterocycles. The quantitative estimate of drug-likeness (QED) is 0.840. The Bertz CT molecular complexity index is 522. The largest absolute Gasteiger partial charge is 0.444 e. The second-order valence-electron chi connectivity index (χ2n) is 7.25. The Morgan fingerprint density at radius 1 is 1.36 bits per heavy atom. The van der Waals surface area contributed by atoms with Crippen LogP contribution in [0.25, 0.3) is 0 Å². The van der Waals surface area contributed by atoms with E-state index in [4.69, 9.17) is 10.5 Å². The average Bonchev–Trinajstić information content (AvgIpc) is 2.45. The van der Waals surface area contributed by atoms with Gasteiger partial charge in [0.2, 0.25) is 0 Å². The van der Waals surface area contributed by atoms with Gasteiger partial charge in [-0.25, -0.2) is 4.79 Å². The van der Waals surface area contributed by atoms with Crippen molar-refractivity contribution in [1.29, 1.82) is 0 Å². The number of hydrogen-bond acceptors (Lipinski definition) is 3. The summed E-state index contributed by atoms with van der Waals surface area (Å²) in [5.41, 5.74) is 7.67. The zero-order chi connectivity index (χ0) is 16.3. The number of carbonyl (C=O) groups excluding carboxylic acids is 1. The number of piperidine rings is 1. The van der Waals surface area contributed by atoms with Gasteiger partial charge in [0.1, 0.15) is 5.60 Å². The fourth-order valence-electron chi connectivity index (χ4n) is 3.09. The normalized spacial score (nSPS) is 20.5. The van der Waals surface area contributed by atoms with Gasteiger partial charge < -0.3 is 15.4 Å². The summed E-state index contributed by atoms with van der Waals surface area (Å²) < 4.78 is 5.50. The zero-order valence-corrected chi connectivity index (χ0v) is 14.1. The van der Waals surface area contributed by atoms with Gasteiger partial charge in [0.05, 0.1) is 0 Å². The standard InChI is InChI=1S/C18H28N2O2/c1-13(15-9-5-6-10-16(15)19)14-8-7-11-20(12-14)17(21)22-18(2,3)4/h5-6,9-10,13-14H,7-8,11-12,19H2,1-4H3. The molecule has 0 aromatic heterocycles. The van der Waals surface area contributed by atoms with Gasteiger partial charge in [-0.3, -0.25) is 0 Å². The predicted molar refractivity (Wildman–Crippen MR) is 89.8 cm³/mol. The molecule has 2 rings (SSSR count). The number of benzene rings is 1. The predicted octanol–water partition coefficient (Wildman–Crippen LogP) is 4.02. The fourth-order valence-corrected chi connectivity index (χ4v) is 3.09. The number of carbonyl (C=O) groups is 1. The number of rotatable bonds is 2. The molecule has 4 nitrogen and oxygen atoms in total. The zero-order valence-electron chi connectivity index (χ0n) is 14.1. The molecule has 1 heterocycles. The SMILES string of the molecule is CC(c1ccccc1N)C1CCCN(C(=O)OC(C)(C)C)C1. The molecule has 1 aromatic carbocycles. The molecule has 0 spiro atoms. The maximum atomic E-state index is 12.3. The van der Waals surface area contributed by atoms with Crippen LogP contribution >= 0.6 is 0 Å². The lowest BCUT2D eigenvalue weighted by atomic mass is 9.82. The fraction of sp³-hybridized carbons (Fsp3) is 0.611. The first kappa shape index (κ1) is 16.7. The second-order valence-corrected chi connectivity index (χ2v) is 7.25. The van der Waals surface area contributed by atoms with Gasteiger partial charge in [-0.1, -0.05) is 25.1 Å². The second kappa shape index (κ2) is 6.59. The molecule has 0 bridgehead atoms. The van der Waals surface area contributed by atoms with Crippen LogP contribution in [-0.4, -0.2) is 29.7 Å². The van der Waals surface area contributed by atoms with Gasteiger partial charge in [0, 0.05) is 18.8 Å². The number of para-hydroxylation sites is 1. The molecule has 2 unspecified atom stereocenters. The summed E-state index contributed by atoms with van der Waals surface area (Å²) in [6, 6.07) is 8.02. The molecule has 1 aliphatic heterocycles. The van der Waals surface area contributed by atoms with Gasteiger partial charge in [-0.2, -0.15) is 0 Å². The van der Waals surface area contributed by atoms with E-state index in [2.05, 4.69) is 13.0 Å². The maximum absolute atomic E-state index is 12.3. The third-order valence-corrected chi connectivity index (χ3v) is 4.30. The summed E-state index contributed by atoms with van der Waals surface area (Å²) in [6.45, 7) is 9.43. The van der Waals surface area contributed by atoms with E-state index in [9.17, 15) is 4.79 Å². The number of likely N-dealkylation sites (tertiary alicyclic amines) is 1. The van der Waals surface area contributed by atoms with Crippen LogP contribution in [0.3, 0.4) is 0 Å². The molecule has 1 aliphatic rings. The van der Waals surface area contributed by atoms with E-state index < -0.39 is 5.60 Å². The average molecular weight is 304 g/mol. The van der Waals surface area contributed by atoms with E-state index >= 15 is 0 Å². The molecule has 2 N–H and O–H groups in total. The molecule has 2 atom stereocenters. The van der Waals surface area contributed by atoms with Crippen molar-refractivity contribution in [2.45, 2.75) is 52.1 Å². The Balaban J connectivity index is 2.04. The minimum Gasteiger partial charge on any atom is -0.444 e. The van der Waals surface area contributed by atoms with Crippen molar-refractivity contribution in [2.75, 3.05) is 18.8 Å². The van der Waals surface area contributed by atoms with Crippen LogP contribution in [0, 0.1) is 5.92 Å². The van der Waals surface area contributed by atoms with E-state index in [0.29, 0.717) is 11.8 Å². The number of hydrogen-bond donors (Lipinski definition) is 1. The highest BCUT2D eigenvalue weighted by Gasteiger charge is 2.31. The lowest BCUT2D eigenvalue weighted by molar-refractivity contribution is 0.0154. The van der Waals surface area contributed by atoms with Crippen molar-refractivity contribution < 1.29 is 9.53 Å². The number of anilines is 1. The van der Waals surface area contributed by atoms with Crippen LogP contribution in [0.15, 0.2) is 24.3 Å². The third kappa shape index (κ3) is 4.15. The summed E-state index contributed by atoms with van der Waals surface area (Å²) in [6.07, 6.45) is 1.93. The highest BCUT2D eigenvalue weighted by molar-refractivity contribution is 5.68. The first-order chi connectivity index (χ1) is 10.3. The van der Waals surface area contributed by atoms with E-state index in [1.54, 1.807) is 0 Å². The lowest BCUT2D eigenvalue weighted by Gasteiger charge is -2.37. The lowest BCUT2D eigenvalue weighted by Crippen LogP contribution is -2.43. The van der Waals surface area contributed by atoms with E-state index in [1.807, 2.05) is 43.9 Å².